The summed E-state index contributed by atoms with van der Waals surface area (Å²) in [4.78, 5) is 14.8. The van der Waals surface area contributed by atoms with Gasteiger partial charge in [0.05, 0.1) is 0 Å². The normalized spacial score (nSPS) is 20.9. The summed E-state index contributed by atoms with van der Waals surface area (Å²) in [6.45, 7) is 2.60. The molecule has 0 unspecified atom stereocenters. The Kier molecular flexibility index (Phi) is 6.43. The molecule has 1 heterocycles. The van der Waals surface area contributed by atoms with Crippen molar-refractivity contribution in [3.8, 4) is 0 Å². The number of amides is 1. The van der Waals surface area contributed by atoms with E-state index in [4.69, 9.17) is 23.2 Å². The van der Waals surface area contributed by atoms with Crippen molar-refractivity contribution in [3.05, 3.63) is 33.8 Å². The predicted octanol–water partition coefficient (Wildman–Crippen LogP) is 4.65. The van der Waals surface area contributed by atoms with E-state index >= 15 is 0 Å². The zero-order valence-corrected chi connectivity index (χ0v) is 15.6. The van der Waals surface area contributed by atoms with Gasteiger partial charge in [-0.15, -0.1) is 0 Å². The highest BCUT2D eigenvalue weighted by atomic mass is 35.5. The Morgan fingerprint density at radius 3 is 2.29 bits per heavy atom. The standard InChI is InChI=1S/C19H26Cl2N2O/c20-17-7-4-8-18(21)16(17)13-23-11-9-14(10-12-23)19(24)22-15-5-2-1-3-6-15/h4,7-8,14-15H,1-3,5-6,9-13H2,(H,22,24). The molecule has 0 radical (unpaired) electrons. The first-order valence-corrected chi connectivity index (χ1v) is 9.84. The topological polar surface area (TPSA) is 32.3 Å². The Hall–Kier alpha value is -0.770. The van der Waals surface area contributed by atoms with E-state index in [9.17, 15) is 4.79 Å². The zero-order valence-electron chi connectivity index (χ0n) is 14.1. The summed E-state index contributed by atoms with van der Waals surface area (Å²) in [5, 5.41) is 4.72. The molecule has 0 spiro atoms. The zero-order chi connectivity index (χ0) is 16.9. The van der Waals surface area contributed by atoms with E-state index in [0.29, 0.717) is 6.04 Å². The van der Waals surface area contributed by atoms with Crippen LogP contribution in [0, 0.1) is 5.92 Å². The quantitative estimate of drug-likeness (QED) is 0.838. The number of carbonyl (C=O) groups excluding carboxylic acids is 1. The average Bonchev–Trinajstić information content (AvgIpc) is 2.60. The molecule has 3 rings (SSSR count). The van der Waals surface area contributed by atoms with Crippen LogP contribution in [0.3, 0.4) is 0 Å². The first-order valence-electron chi connectivity index (χ1n) is 9.09. The second-order valence-corrected chi connectivity index (χ2v) is 7.91. The van der Waals surface area contributed by atoms with Crippen LogP contribution in [-0.4, -0.2) is 29.9 Å². The summed E-state index contributed by atoms with van der Waals surface area (Å²) in [5.41, 5.74) is 0.992. The van der Waals surface area contributed by atoms with Gasteiger partial charge in [0.1, 0.15) is 0 Å². The fourth-order valence-electron chi connectivity index (χ4n) is 3.83. The Bertz CT molecular complexity index is 544. The lowest BCUT2D eigenvalue weighted by atomic mass is 9.92. The lowest BCUT2D eigenvalue weighted by molar-refractivity contribution is -0.127. The van der Waals surface area contributed by atoms with Crippen molar-refractivity contribution in [1.82, 2.24) is 10.2 Å². The van der Waals surface area contributed by atoms with Crippen LogP contribution in [0.2, 0.25) is 10.0 Å². The molecule has 1 aromatic rings. The van der Waals surface area contributed by atoms with Gasteiger partial charge in [-0.2, -0.15) is 0 Å². The Balaban J connectivity index is 1.47. The SMILES string of the molecule is O=C(NC1CCCCC1)C1CCN(Cc2c(Cl)cccc2Cl)CC1. The minimum absolute atomic E-state index is 0.157. The van der Waals surface area contributed by atoms with Crippen LogP contribution >= 0.6 is 23.2 Å². The van der Waals surface area contributed by atoms with Crippen molar-refractivity contribution in [2.45, 2.75) is 57.5 Å². The van der Waals surface area contributed by atoms with Gasteiger partial charge in [-0.3, -0.25) is 9.69 Å². The number of likely N-dealkylation sites (tertiary alicyclic amines) is 1. The molecule has 1 aliphatic carbocycles. The first kappa shape index (κ1) is 18.0. The fraction of sp³-hybridized carbons (Fsp3) is 0.632. The lowest BCUT2D eigenvalue weighted by Crippen LogP contribution is -2.44. The number of hydrogen-bond donors (Lipinski definition) is 1. The van der Waals surface area contributed by atoms with Gasteiger partial charge in [-0.25, -0.2) is 0 Å². The number of benzene rings is 1. The highest BCUT2D eigenvalue weighted by molar-refractivity contribution is 6.35. The third-order valence-electron chi connectivity index (χ3n) is 5.35. The van der Waals surface area contributed by atoms with Gasteiger partial charge in [0.15, 0.2) is 0 Å². The summed E-state index contributed by atoms with van der Waals surface area (Å²) in [5.74, 6) is 0.419. The second kappa shape index (κ2) is 8.55. The lowest BCUT2D eigenvalue weighted by Gasteiger charge is -2.33. The molecule has 3 nitrogen and oxygen atoms in total. The minimum Gasteiger partial charge on any atom is -0.353 e. The molecule has 0 bridgehead atoms. The van der Waals surface area contributed by atoms with Gasteiger partial charge in [0.2, 0.25) is 5.91 Å². The van der Waals surface area contributed by atoms with E-state index in [2.05, 4.69) is 10.2 Å². The summed E-state index contributed by atoms with van der Waals surface area (Å²) >= 11 is 12.5. The second-order valence-electron chi connectivity index (χ2n) is 7.09. The van der Waals surface area contributed by atoms with Crippen LogP contribution < -0.4 is 5.32 Å². The number of nitrogens with zero attached hydrogens (tertiary/aromatic N) is 1. The summed E-state index contributed by atoms with van der Waals surface area (Å²) in [6.07, 6.45) is 7.95. The number of hydrogen-bond acceptors (Lipinski definition) is 2. The largest absolute Gasteiger partial charge is 0.353 e. The Morgan fingerprint density at radius 1 is 1.04 bits per heavy atom. The van der Waals surface area contributed by atoms with Crippen molar-refractivity contribution in [3.63, 3.8) is 0 Å². The van der Waals surface area contributed by atoms with Crippen LogP contribution in [0.15, 0.2) is 18.2 Å². The van der Waals surface area contributed by atoms with Crippen LogP contribution in [0.1, 0.15) is 50.5 Å². The molecule has 1 aromatic carbocycles. The number of nitrogens with one attached hydrogen (secondary N) is 1. The summed E-state index contributed by atoms with van der Waals surface area (Å²) in [7, 11) is 0. The fourth-order valence-corrected chi connectivity index (χ4v) is 4.34. The maximum absolute atomic E-state index is 12.5. The Labute approximate surface area is 154 Å². The predicted molar refractivity (Wildman–Crippen MR) is 99.5 cm³/mol. The molecule has 1 aliphatic heterocycles. The average molecular weight is 369 g/mol. The molecule has 24 heavy (non-hydrogen) atoms. The molecular weight excluding hydrogens is 343 g/mol. The van der Waals surface area contributed by atoms with Gasteiger partial charge in [-0.05, 0) is 50.9 Å². The van der Waals surface area contributed by atoms with Gasteiger partial charge in [0.25, 0.3) is 0 Å². The summed E-state index contributed by atoms with van der Waals surface area (Å²) < 4.78 is 0. The third-order valence-corrected chi connectivity index (χ3v) is 6.06. The maximum Gasteiger partial charge on any atom is 0.223 e. The van der Waals surface area contributed by atoms with Crippen molar-refractivity contribution >= 4 is 29.1 Å². The maximum atomic E-state index is 12.5. The highest BCUT2D eigenvalue weighted by Crippen LogP contribution is 2.28. The van der Waals surface area contributed by atoms with Crippen LogP contribution in [0.25, 0.3) is 0 Å². The van der Waals surface area contributed by atoms with Crippen molar-refractivity contribution in [2.24, 2.45) is 5.92 Å². The van der Waals surface area contributed by atoms with Crippen molar-refractivity contribution in [1.29, 1.82) is 0 Å². The summed E-state index contributed by atoms with van der Waals surface area (Å²) in [6, 6.07) is 6.04. The van der Waals surface area contributed by atoms with Crippen molar-refractivity contribution < 1.29 is 4.79 Å². The van der Waals surface area contributed by atoms with E-state index in [-0.39, 0.29) is 11.8 Å². The van der Waals surface area contributed by atoms with E-state index in [1.54, 1.807) is 0 Å². The molecule has 1 saturated carbocycles. The number of rotatable bonds is 4. The molecule has 5 heteroatoms. The van der Waals surface area contributed by atoms with E-state index < -0.39 is 0 Å². The van der Waals surface area contributed by atoms with Crippen LogP contribution in [-0.2, 0) is 11.3 Å². The molecule has 0 aromatic heterocycles. The third kappa shape index (κ3) is 4.65. The molecule has 132 valence electrons. The van der Waals surface area contributed by atoms with Gasteiger partial charge in [0, 0.05) is 34.1 Å². The molecule has 1 N–H and O–H groups in total. The molecule has 1 amide bonds. The van der Waals surface area contributed by atoms with E-state index in [1.807, 2.05) is 18.2 Å². The van der Waals surface area contributed by atoms with Crippen LogP contribution in [0.5, 0.6) is 0 Å². The number of piperidine rings is 1. The van der Waals surface area contributed by atoms with Gasteiger partial charge >= 0.3 is 0 Å². The molecule has 2 aliphatic rings. The highest BCUT2D eigenvalue weighted by Gasteiger charge is 2.27. The molecule has 2 fully saturated rings. The van der Waals surface area contributed by atoms with E-state index in [1.165, 1.54) is 19.3 Å². The molecule has 0 atom stereocenters. The monoisotopic (exact) mass is 368 g/mol. The Morgan fingerprint density at radius 2 is 1.67 bits per heavy atom. The number of carbonyl (C=O) groups is 1. The number of halogens is 2. The smallest absolute Gasteiger partial charge is 0.223 e. The van der Waals surface area contributed by atoms with Crippen molar-refractivity contribution in [2.75, 3.05) is 13.1 Å². The molecular formula is C19H26Cl2N2O. The van der Waals surface area contributed by atoms with Crippen LogP contribution in [0.4, 0.5) is 0 Å². The van der Waals surface area contributed by atoms with Gasteiger partial charge in [-0.1, -0.05) is 48.5 Å². The van der Waals surface area contributed by atoms with E-state index in [0.717, 1.165) is 60.9 Å². The first-order chi connectivity index (χ1) is 11.6. The van der Waals surface area contributed by atoms with Gasteiger partial charge < -0.3 is 5.32 Å². The molecule has 1 saturated heterocycles. The minimum atomic E-state index is 0.157.